The van der Waals surface area contributed by atoms with Gasteiger partial charge in [-0.2, -0.15) is 0 Å². The Labute approximate surface area is 221 Å². The molecule has 1 aromatic heterocycles. The molecule has 6 rings (SSSR count). The van der Waals surface area contributed by atoms with E-state index in [1.807, 2.05) is 0 Å². The summed E-state index contributed by atoms with van der Waals surface area (Å²) in [6.07, 6.45) is 5.16. The molecule has 184 valence electrons. The lowest BCUT2D eigenvalue weighted by atomic mass is 9.69. The third-order valence-corrected chi connectivity index (χ3v) is 9.12. The lowest BCUT2D eigenvalue weighted by molar-refractivity contribution is -0.117. The normalized spacial score (nSPS) is 28.0. The highest BCUT2D eigenvalue weighted by Crippen LogP contribution is 2.56. The fourth-order valence-electron chi connectivity index (χ4n) is 6.14. The maximum absolute atomic E-state index is 14.8. The lowest BCUT2D eigenvalue weighted by Gasteiger charge is -2.43. The maximum atomic E-state index is 14.8. The van der Waals surface area contributed by atoms with Crippen LogP contribution in [0, 0.1) is 17.7 Å². The van der Waals surface area contributed by atoms with E-state index < -0.39 is 5.60 Å². The van der Waals surface area contributed by atoms with Gasteiger partial charge in [-0.25, -0.2) is 4.39 Å². The molecule has 2 bridgehead atoms. The number of benzene rings is 2. The molecule has 3 aliphatic rings. The van der Waals surface area contributed by atoms with Crippen molar-refractivity contribution in [3.05, 3.63) is 73.6 Å². The van der Waals surface area contributed by atoms with E-state index in [4.69, 9.17) is 32.5 Å². The second-order valence-electron chi connectivity index (χ2n) is 10.1. The number of fused-ring (bicyclic) bond motifs is 2. The summed E-state index contributed by atoms with van der Waals surface area (Å²) in [5.41, 5.74) is 1.44. The van der Waals surface area contributed by atoms with E-state index in [9.17, 15) is 9.50 Å². The van der Waals surface area contributed by atoms with Gasteiger partial charge in [-0.15, -0.1) is 0 Å². The van der Waals surface area contributed by atoms with Crippen LogP contribution in [-0.2, 0) is 16.9 Å². The van der Waals surface area contributed by atoms with Crippen molar-refractivity contribution in [3.8, 4) is 11.3 Å². The van der Waals surface area contributed by atoms with Gasteiger partial charge in [-0.1, -0.05) is 56.4 Å². The third-order valence-electron chi connectivity index (χ3n) is 8.00. The Morgan fingerprint density at radius 1 is 1.09 bits per heavy atom. The maximum Gasteiger partial charge on any atom is 0.145 e. The zero-order chi connectivity index (χ0) is 24.3. The zero-order valence-electron chi connectivity index (χ0n) is 18.9. The van der Waals surface area contributed by atoms with E-state index in [0.717, 1.165) is 37.0 Å². The van der Waals surface area contributed by atoms with E-state index in [1.165, 1.54) is 6.07 Å². The molecule has 35 heavy (non-hydrogen) atoms. The number of aliphatic hydroxyl groups is 1. The van der Waals surface area contributed by atoms with Crippen LogP contribution in [0.25, 0.3) is 11.3 Å². The topological polar surface area (TPSA) is 55.5 Å². The first-order valence-corrected chi connectivity index (χ1v) is 13.6. The predicted octanol–water partition coefficient (Wildman–Crippen LogP) is 8.02. The van der Waals surface area contributed by atoms with Gasteiger partial charge in [0.2, 0.25) is 0 Å². The van der Waals surface area contributed by atoms with Gasteiger partial charge in [0.05, 0.1) is 28.4 Å². The standard InChI is InChI=1S/C27H25BrCl2FNO3/c28-17-8-9-20(23(31)12-17)27(33)15-6-7-16(27)11-18(10-15)34-13-19-25(32-35-26(19)14-4-5-14)24-21(29)2-1-3-22(24)30/h1-3,8-9,12,14-16,18,33H,4-7,10-11,13H2/t15-,16+,18+,27-. The van der Waals surface area contributed by atoms with Gasteiger partial charge in [-0.3, -0.25) is 0 Å². The minimum Gasteiger partial charge on any atom is -0.384 e. The summed E-state index contributed by atoms with van der Waals surface area (Å²) in [5.74, 6) is 0.736. The molecule has 0 spiro atoms. The zero-order valence-corrected chi connectivity index (χ0v) is 22.0. The molecule has 3 fully saturated rings. The van der Waals surface area contributed by atoms with Gasteiger partial charge in [-0.05, 0) is 74.6 Å². The van der Waals surface area contributed by atoms with Crippen molar-refractivity contribution in [2.24, 2.45) is 11.8 Å². The Hall–Kier alpha value is -1.44. The molecule has 3 aromatic rings. The number of hydrogen-bond donors (Lipinski definition) is 1. The second-order valence-corrected chi connectivity index (χ2v) is 11.8. The first kappa shape index (κ1) is 23.9. The van der Waals surface area contributed by atoms with Crippen molar-refractivity contribution in [2.45, 2.75) is 62.8 Å². The Morgan fingerprint density at radius 3 is 2.40 bits per heavy atom. The minimum atomic E-state index is -1.16. The molecule has 0 aliphatic heterocycles. The van der Waals surface area contributed by atoms with E-state index in [-0.39, 0.29) is 23.8 Å². The van der Waals surface area contributed by atoms with Crippen LogP contribution in [-0.4, -0.2) is 16.4 Å². The number of rotatable bonds is 6. The van der Waals surface area contributed by atoms with Gasteiger partial charge in [0, 0.05) is 27.1 Å². The second kappa shape index (κ2) is 9.14. The molecule has 0 saturated heterocycles. The van der Waals surface area contributed by atoms with Gasteiger partial charge in [0.1, 0.15) is 17.3 Å². The Kier molecular flexibility index (Phi) is 6.25. The molecule has 1 heterocycles. The highest BCUT2D eigenvalue weighted by molar-refractivity contribution is 9.10. The average molecular weight is 581 g/mol. The molecule has 3 aliphatic carbocycles. The minimum absolute atomic E-state index is 0.0391. The van der Waals surface area contributed by atoms with Gasteiger partial charge in [0.25, 0.3) is 0 Å². The predicted molar refractivity (Wildman–Crippen MR) is 136 cm³/mol. The first-order valence-electron chi connectivity index (χ1n) is 12.1. The van der Waals surface area contributed by atoms with Crippen LogP contribution in [0.1, 0.15) is 61.3 Å². The Balaban J connectivity index is 1.24. The van der Waals surface area contributed by atoms with Crippen LogP contribution in [0.5, 0.6) is 0 Å². The molecule has 1 N–H and O–H groups in total. The Morgan fingerprint density at radius 2 is 1.77 bits per heavy atom. The van der Waals surface area contributed by atoms with Crippen LogP contribution in [0.3, 0.4) is 0 Å². The molecule has 3 saturated carbocycles. The molecule has 0 radical (unpaired) electrons. The summed E-state index contributed by atoms with van der Waals surface area (Å²) < 4.78 is 27.7. The largest absolute Gasteiger partial charge is 0.384 e. The van der Waals surface area contributed by atoms with E-state index in [1.54, 1.807) is 30.3 Å². The Bertz CT molecular complexity index is 1240. The van der Waals surface area contributed by atoms with Gasteiger partial charge < -0.3 is 14.4 Å². The monoisotopic (exact) mass is 579 g/mol. The summed E-state index contributed by atoms with van der Waals surface area (Å²) in [5, 5.41) is 17.1. The fraction of sp³-hybridized carbons (Fsp3) is 0.444. The molecule has 0 amide bonds. The highest BCUT2D eigenvalue weighted by atomic mass is 79.9. The van der Waals surface area contributed by atoms with Gasteiger partial charge in [0.15, 0.2) is 0 Å². The lowest BCUT2D eigenvalue weighted by Crippen LogP contribution is -2.45. The van der Waals surface area contributed by atoms with Crippen molar-refractivity contribution in [2.75, 3.05) is 0 Å². The van der Waals surface area contributed by atoms with Crippen LogP contribution in [0.4, 0.5) is 4.39 Å². The average Bonchev–Trinajstić information content (AvgIpc) is 3.56. The summed E-state index contributed by atoms with van der Waals surface area (Å²) in [7, 11) is 0. The summed E-state index contributed by atoms with van der Waals surface area (Å²) in [6.45, 7) is 0.335. The number of aromatic nitrogens is 1. The number of nitrogens with zero attached hydrogens (tertiary/aromatic N) is 1. The smallest absolute Gasteiger partial charge is 0.145 e. The summed E-state index contributed by atoms with van der Waals surface area (Å²) in [6, 6.07) is 10.3. The van der Waals surface area contributed by atoms with Crippen LogP contribution >= 0.6 is 39.1 Å². The SMILES string of the molecule is O[C@]1(c2ccc(Br)cc2F)[C@@H]2CC[C@H]1C[C@@H](OCc1c(-c3c(Cl)cccc3Cl)noc1C1CC1)C2. The fourth-order valence-corrected chi connectivity index (χ4v) is 7.05. The van der Waals surface area contributed by atoms with E-state index >= 15 is 0 Å². The van der Waals surface area contributed by atoms with Crippen molar-refractivity contribution < 1.29 is 18.8 Å². The molecule has 4 atom stereocenters. The highest BCUT2D eigenvalue weighted by Gasteiger charge is 2.55. The summed E-state index contributed by atoms with van der Waals surface area (Å²) in [4.78, 5) is 0. The third kappa shape index (κ3) is 4.15. The molecule has 8 heteroatoms. The first-order chi connectivity index (χ1) is 16.9. The van der Waals surface area contributed by atoms with E-state index in [2.05, 4.69) is 21.1 Å². The molecular weight excluding hydrogens is 556 g/mol. The van der Waals surface area contributed by atoms with Crippen LogP contribution in [0.2, 0.25) is 10.0 Å². The number of ether oxygens (including phenoxy) is 1. The quantitative estimate of drug-likeness (QED) is 0.321. The number of halogens is 4. The number of hydrogen-bond acceptors (Lipinski definition) is 4. The molecule has 2 aromatic carbocycles. The van der Waals surface area contributed by atoms with Crippen molar-refractivity contribution in [1.82, 2.24) is 5.16 Å². The van der Waals surface area contributed by atoms with Gasteiger partial charge >= 0.3 is 0 Å². The molecule has 0 unspecified atom stereocenters. The van der Waals surface area contributed by atoms with Crippen molar-refractivity contribution in [3.63, 3.8) is 0 Å². The van der Waals surface area contributed by atoms with Crippen molar-refractivity contribution >= 4 is 39.1 Å². The molecular formula is C27H25BrCl2FNO3. The molecule has 4 nitrogen and oxygen atoms in total. The van der Waals surface area contributed by atoms with Crippen molar-refractivity contribution in [1.29, 1.82) is 0 Å². The van der Waals surface area contributed by atoms with Crippen LogP contribution in [0.15, 0.2) is 45.4 Å². The van der Waals surface area contributed by atoms with Crippen LogP contribution < -0.4 is 0 Å². The van der Waals surface area contributed by atoms with E-state index in [0.29, 0.717) is 56.7 Å². The summed E-state index contributed by atoms with van der Waals surface area (Å²) >= 11 is 16.3.